The Bertz CT molecular complexity index is 665. The van der Waals surface area contributed by atoms with Gasteiger partial charge in [0.15, 0.2) is 0 Å². The second-order valence-electron chi connectivity index (χ2n) is 5.14. The summed E-state index contributed by atoms with van der Waals surface area (Å²) in [5.74, 6) is 0.944. The second-order valence-corrected chi connectivity index (χ2v) is 6.39. The average Bonchev–Trinajstić information content (AvgIpc) is 2.95. The van der Waals surface area contributed by atoms with Crippen molar-refractivity contribution in [2.45, 2.75) is 32.9 Å². The highest BCUT2D eigenvalue weighted by Crippen LogP contribution is 2.31. The molecule has 104 valence electrons. The first-order chi connectivity index (χ1) is 9.56. The molecule has 0 N–H and O–H groups in total. The fraction of sp³-hybridized carbons (Fsp3) is 0.357. The number of hydrogen-bond donors (Lipinski definition) is 0. The zero-order valence-corrected chi connectivity index (χ0v) is 13.5. The number of hydrogen-bond acceptors (Lipinski definition) is 3. The average molecular weight is 382 g/mol. The van der Waals surface area contributed by atoms with Gasteiger partial charge < -0.3 is 4.90 Å². The maximum absolute atomic E-state index is 12.2. The lowest BCUT2D eigenvalue weighted by Crippen LogP contribution is -2.28. The summed E-state index contributed by atoms with van der Waals surface area (Å²) in [7, 11) is 0. The Balaban J connectivity index is 1.92. The van der Waals surface area contributed by atoms with Gasteiger partial charge in [0.2, 0.25) is 5.91 Å². The van der Waals surface area contributed by atoms with Crippen LogP contribution in [0.3, 0.4) is 0 Å². The predicted octanol–water partition coefficient (Wildman–Crippen LogP) is 2.55. The van der Waals surface area contributed by atoms with Gasteiger partial charge in [-0.25, -0.2) is 9.67 Å². The molecule has 0 saturated carbocycles. The van der Waals surface area contributed by atoms with Crippen LogP contribution in [0.4, 0.5) is 5.69 Å². The van der Waals surface area contributed by atoms with E-state index in [1.807, 2.05) is 16.8 Å². The van der Waals surface area contributed by atoms with E-state index in [1.54, 1.807) is 11.2 Å². The van der Waals surface area contributed by atoms with E-state index in [1.165, 1.54) is 0 Å². The second kappa shape index (κ2) is 5.16. The SMILES string of the molecule is CC(C)n1ncnc1CN1C(=O)Cc2cc(I)ccc21. The Morgan fingerprint density at radius 1 is 1.40 bits per heavy atom. The number of anilines is 1. The minimum atomic E-state index is 0.125. The highest BCUT2D eigenvalue weighted by molar-refractivity contribution is 14.1. The Morgan fingerprint density at radius 2 is 2.20 bits per heavy atom. The van der Waals surface area contributed by atoms with Crippen LogP contribution in [-0.4, -0.2) is 20.7 Å². The summed E-state index contributed by atoms with van der Waals surface area (Å²) in [6.07, 6.45) is 2.02. The lowest BCUT2D eigenvalue weighted by atomic mass is 10.2. The molecule has 2 aromatic rings. The van der Waals surface area contributed by atoms with Crippen LogP contribution in [0, 0.1) is 3.57 Å². The Morgan fingerprint density at radius 3 is 2.95 bits per heavy atom. The van der Waals surface area contributed by atoms with E-state index in [4.69, 9.17) is 0 Å². The molecule has 2 heterocycles. The van der Waals surface area contributed by atoms with Crippen molar-refractivity contribution in [3.63, 3.8) is 0 Å². The van der Waals surface area contributed by atoms with Gasteiger partial charge in [-0.3, -0.25) is 4.79 Å². The number of fused-ring (bicyclic) bond motifs is 1. The lowest BCUT2D eigenvalue weighted by Gasteiger charge is -2.18. The van der Waals surface area contributed by atoms with Crippen molar-refractivity contribution in [2.24, 2.45) is 0 Å². The van der Waals surface area contributed by atoms with Crippen molar-refractivity contribution in [1.29, 1.82) is 0 Å². The molecule has 1 amide bonds. The molecular formula is C14H15IN4O. The number of amides is 1. The number of carbonyl (C=O) groups excluding carboxylic acids is 1. The molecule has 0 aliphatic carbocycles. The number of rotatable bonds is 3. The highest BCUT2D eigenvalue weighted by atomic mass is 127. The van der Waals surface area contributed by atoms with Crippen LogP contribution in [0.25, 0.3) is 0 Å². The third-order valence-electron chi connectivity index (χ3n) is 3.41. The van der Waals surface area contributed by atoms with E-state index in [2.05, 4.69) is 52.6 Å². The monoisotopic (exact) mass is 382 g/mol. The molecule has 6 heteroatoms. The summed E-state index contributed by atoms with van der Waals surface area (Å²) in [4.78, 5) is 18.3. The van der Waals surface area contributed by atoms with Crippen molar-refractivity contribution in [2.75, 3.05) is 4.90 Å². The van der Waals surface area contributed by atoms with Gasteiger partial charge >= 0.3 is 0 Å². The first-order valence-electron chi connectivity index (χ1n) is 6.53. The van der Waals surface area contributed by atoms with E-state index in [0.717, 1.165) is 20.6 Å². The van der Waals surface area contributed by atoms with Crippen LogP contribution >= 0.6 is 22.6 Å². The summed E-state index contributed by atoms with van der Waals surface area (Å²) < 4.78 is 3.01. The Kier molecular flexibility index (Phi) is 3.49. The molecule has 5 nitrogen and oxygen atoms in total. The van der Waals surface area contributed by atoms with Gasteiger partial charge in [-0.15, -0.1) is 0 Å². The number of carbonyl (C=O) groups is 1. The van der Waals surface area contributed by atoms with Crippen LogP contribution in [0.1, 0.15) is 31.3 Å². The van der Waals surface area contributed by atoms with Crippen LogP contribution in [0.2, 0.25) is 0 Å². The molecule has 0 atom stereocenters. The van der Waals surface area contributed by atoms with Gasteiger partial charge in [-0.05, 0) is 60.2 Å². The maximum Gasteiger partial charge on any atom is 0.231 e. The normalized spacial score (nSPS) is 14.2. The van der Waals surface area contributed by atoms with Gasteiger partial charge in [0, 0.05) is 15.3 Å². The van der Waals surface area contributed by atoms with Crippen molar-refractivity contribution >= 4 is 34.2 Å². The molecule has 3 rings (SSSR count). The summed E-state index contributed by atoms with van der Waals surface area (Å²) in [5.41, 5.74) is 2.09. The van der Waals surface area contributed by atoms with Crippen molar-refractivity contribution in [3.05, 3.63) is 39.5 Å². The standard InChI is InChI=1S/C14H15IN4O/c1-9(2)19-13(16-8-17-19)7-18-12-4-3-11(15)5-10(12)6-14(18)20/h3-5,8-9H,6-7H2,1-2H3. The molecule has 1 aromatic carbocycles. The van der Waals surface area contributed by atoms with Gasteiger partial charge in [0.25, 0.3) is 0 Å². The van der Waals surface area contributed by atoms with Crippen LogP contribution < -0.4 is 4.90 Å². The number of nitrogens with zero attached hydrogens (tertiary/aromatic N) is 4. The molecule has 0 radical (unpaired) electrons. The molecule has 1 aromatic heterocycles. The fourth-order valence-electron chi connectivity index (χ4n) is 2.49. The van der Waals surface area contributed by atoms with E-state index in [9.17, 15) is 4.79 Å². The fourth-order valence-corrected chi connectivity index (χ4v) is 3.04. The summed E-state index contributed by atoms with van der Waals surface area (Å²) in [5, 5.41) is 4.22. The van der Waals surface area contributed by atoms with Crippen molar-refractivity contribution in [1.82, 2.24) is 14.8 Å². The summed E-state index contributed by atoms with van der Waals surface area (Å²) in [6, 6.07) is 6.35. The first kappa shape index (κ1) is 13.5. The van der Waals surface area contributed by atoms with E-state index >= 15 is 0 Å². The third kappa shape index (κ3) is 2.32. The summed E-state index contributed by atoms with van der Waals surface area (Å²) in [6.45, 7) is 4.59. The largest absolute Gasteiger partial charge is 0.304 e. The number of benzene rings is 1. The molecule has 0 unspecified atom stereocenters. The topological polar surface area (TPSA) is 51.0 Å². The molecule has 1 aliphatic heterocycles. The van der Waals surface area contributed by atoms with E-state index in [0.29, 0.717) is 13.0 Å². The zero-order chi connectivity index (χ0) is 14.3. The van der Waals surface area contributed by atoms with E-state index in [-0.39, 0.29) is 11.9 Å². The van der Waals surface area contributed by atoms with E-state index < -0.39 is 0 Å². The lowest BCUT2D eigenvalue weighted by molar-refractivity contribution is -0.117. The predicted molar refractivity (Wildman–Crippen MR) is 84.5 cm³/mol. The molecule has 0 spiro atoms. The highest BCUT2D eigenvalue weighted by Gasteiger charge is 2.28. The quantitative estimate of drug-likeness (QED) is 0.767. The Labute approximate surface area is 131 Å². The van der Waals surface area contributed by atoms with Gasteiger partial charge in [-0.2, -0.15) is 5.10 Å². The van der Waals surface area contributed by atoms with Crippen LogP contribution in [-0.2, 0) is 17.8 Å². The smallest absolute Gasteiger partial charge is 0.231 e. The van der Waals surface area contributed by atoms with Crippen molar-refractivity contribution in [3.8, 4) is 0 Å². The first-order valence-corrected chi connectivity index (χ1v) is 7.61. The molecule has 20 heavy (non-hydrogen) atoms. The van der Waals surface area contributed by atoms with Gasteiger partial charge in [0.1, 0.15) is 12.2 Å². The minimum absolute atomic E-state index is 0.125. The molecular weight excluding hydrogens is 367 g/mol. The zero-order valence-electron chi connectivity index (χ0n) is 11.4. The van der Waals surface area contributed by atoms with Gasteiger partial charge in [-0.1, -0.05) is 0 Å². The number of halogens is 1. The molecule has 0 bridgehead atoms. The molecule has 1 aliphatic rings. The van der Waals surface area contributed by atoms with Gasteiger partial charge in [0.05, 0.1) is 13.0 Å². The van der Waals surface area contributed by atoms with Crippen molar-refractivity contribution < 1.29 is 4.79 Å². The number of aromatic nitrogens is 3. The van der Waals surface area contributed by atoms with Crippen LogP contribution in [0.15, 0.2) is 24.5 Å². The maximum atomic E-state index is 12.2. The molecule has 0 fully saturated rings. The Hall–Kier alpha value is -1.44. The molecule has 0 saturated heterocycles. The minimum Gasteiger partial charge on any atom is -0.304 e. The summed E-state index contributed by atoms with van der Waals surface area (Å²) >= 11 is 2.27. The third-order valence-corrected chi connectivity index (χ3v) is 4.08. The van der Waals surface area contributed by atoms with Crippen LogP contribution in [0.5, 0.6) is 0 Å².